The minimum absolute atomic E-state index is 0.653. The third kappa shape index (κ3) is 3.49. The molecule has 21 heavy (non-hydrogen) atoms. The Morgan fingerprint density at radius 1 is 1.29 bits per heavy atom. The van der Waals surface area contributed by atoms with E-state index in [1.165, 1.54) is 35.8 Å². The molecule has 1 heterocycles. The maximum Gasteiger partial charge on any atom is 0.134 e. The highest BCUT2D eigenvalue weighted by atomic mass is 16.3. The second-order valence-electron chi connectivity index (χ2n) is 6.84. The predicted octanol–water partition coefficient (Wildman–Crippen LogP) is 4.84. The van der Waals surface area contributed by atoms with Crippen molar-refractivity contribution >= 4 is 11.0 Å². The van der Waals surface area contributed by atoms with E-state index in [1.807, 2.05) is 0 Å². The summed E-state index contributed by atoms with van der Waals surface area (Å²) in [6.07, 6.45) is 6.09. The van der Waals surface area contributed by atoms with Gasteiger partial charge in [0.05, 0.1) is 6.54 Å². The Morgan fingerprint density at radius 3 is 2.76 bits per heavy atom. The minimum Gasteiger partial charge on any atom is -0.459 e. The Kier molecular flexibility index (Phi) is 4.34. The van der Waals surface area contributed by atoms with Gasteiger partial charge in [-0.3, -0.25) is 0 Å². The highest BCUT2D eigenvalue weighted by molar-refractivity contribution is 5.83. The first kappa shape index (κ1) is 14.6. The molecule has 2 aromatic rings. The zero-order valence-electron chi connectivity index (χ0n) is 13.5. The van der Waals surface area contributed by atoms with E-state index in [9.17, 15) is 0 Å². The molecule has 1 N–H and O–H groups in total. The van der Waals surface area contributed by atoms with Gasteiger partial charge < -0.3 is 9.73 Å². The van der Waals surface area contributed by atoms with Crippen LogP contribution in [-0.4, -0.2) is 6.04 Å². The number of fused-ring (bicyclic) bond motifs is 1. The second-order valence-corrected chi connectivity index (χ2v) is 6.84. The Bertz CT molecular complexity index is 607. The van der Waals surface area contributed by atoms with Gasteiger partial charge in [0.1, 0.15) is 11.3 Å². The molecule has 0 amide bonds. The molecule has 0 radical (unpaired) electrons. The lowest BCUT2D eigenvalue weighted by Gasteiger charge is -2.07. The van der Waals surface area contributed by atoms with Crippen LogP contribution in [-0.2, 0) is 19.4 Å². The van der Waals surface area contributed by atoms with E-state index >= 15 is 0 Å². The lowest BCUT2D eigenvalue weighted by Crippen LogP contribution is -2.16. The van der Waals surface area contributed by atoms with Crippen LogP contribution in [0.5, 0.6) is 0 Å². The van der Waals surface area contributed by atoms with Gasteiger partial charge in [0.25, 0.3) is 0 Å². The number of hydrogen-bond donors (Lipinski definition) is 1. The number of hydrogen-bond acceptors (Lipinski definition) is 2. The van der Waals surface area contributed by atoms with Gasteiger partial charge >= 0.3 is 0 Å². The molecular weight excluding hydrogens is 258 g/mol. The number of furan rings is 1. The zero-order valence-corrected chi connectivity index (χ0v) is 13.5. The van der Waals surface area contributed by atoms with Gasteiger partial charge in [0, 0.05) is 17.0 Å². The van der Waals surface area contributed by atoms with Crippen molar-refractivity contribution in [2.24, 2.45) is 5.92 Å². The number of rotatable bonds is 7. The summed E-state index contributed by atoms with van der Waals surface area (Å²) < 4.78 is 6.15. The van der Waals surface area contributed by atoms with E-state index < -0.39 is 0 Å². The van der Waals surface area contributed by atoms with Gasteiger partial charge in [0.2, 0.25) is 0 Å². The monoisotopic (exact) mass is 285 g/mol. The average molecular weight is 285 g/mol. The largest absolute Gasteiger partial charge is 0.459 e. The van der Waals surface area contributed by atoms with Crippen molar-refractivity contribution in [2.45, 2.75) is 65.5 Å². The van der Waals surface area contributed by atoms with Crippen molar-refractivity contribution in [2.75, 3.05) is 0 Å². The fourth-order valence-electron chi connectivity index (χ4n) is 2.99. The molecular formula is C19H27NO. The summed E-state index contributed by atoms with van der Waals surface area (Å²) in [6, 6.07) is 7.44. The number of aryl methyl sites for hydroxylation is 1. The molecule has 0 spiro atoms. The van der Waals surface area contributed by atoms with E-state index in [-0.39, 0.29) is 0 Å². The van der Waals surface area contributed by atoms with Crippen LogP contribution in [0.1, 0.15) is 56.9 Å². The Hall–Kier alpha value is -1.28. The third-order valence-electron chi connectivity index (χ3n) is 4.22. The molecule has 1 aromatic heterocycles. The smallest absolute Gasteiger partial charge is 0.134 e. The molecule has 1 fully saturated rings. The van der Waals surface area contributed by atoms with Crippen LogP contribution < -0.4 is 5.32 Å². The number of benzene rings is 1. The van der Waals surface area contributed by atoms with E-state index in [1.54, 1.807) is 0 Å². The molecule has 0 bridgehead atoms. The Balaban J connectivity index is 1.94. The molecule has 0 saturated heterocycles. The van der Waals surface area contributed by atoms with Gasteiger partial charge in [-0.2, -0.15) is 0 Å². The summed E-state index contributed by atoms with van der Waals surface area (Å²) in [5.74, 6) is 1.81. The summed E-state index contributed by atoms with van der Waals surface area (Å²) >= 11 is 0. The molecule has 2 nitrogen and oxygen atoms in total. The summed E-state index contributed by atoms with van der Waals surface area (Å²) in [7, 11) is 0. The molecule has 3 rings (SSSR count). The average Bonchev–Trinajstić information content (AvgIpc) is 3.21. The molecule has 1 aromatic carbocycles. The maximum absolute atomic E-state index is 6.15. The van der Waals surface area contributed by atoms with E-state index in [2.05, 4.69) is 44.3 Å². The molecule has 0 atom stereocenters. The normalized spacial score (nSPS) is 15.2. The molecule has 0 unspecified atom stereocenters. The van der Waals surface area contributed by atoms with Gasteiger partial charge in [-0.25, -0.2) is 0 Å². The SMILES string of the molecule is CCCc1ccc2oc(CNC3CC3)c(CC(C)C)c2c1. The maximum atomic E-state index is 6.15. The zero-order chi connectivity index (χ0) is 14.8. The van der Waals surface area contributed by atoms with E-state index in [0.717, 1.165) is 36.8 Å². The predicted molar refractivity (Wildman–Crippen MR) is 88.6 cm³/mol. The summed E-state index contributed by atoms with van der Waals surface area (Å²) in [6.45, 7) is 7.68. The Labute approximate surface area is 127 Å². The fraction of sp³-hybridized carbons (Fsp3) is 0.579. The van der Waals surface area contributed by atoms with E-state index in [0.29, 0.717) is 5.92 Å². The van der Waals surface area contributed by atoms with Gasteiger partial charge in [-0.15, -0.1) is 0 Å². The molecule has 0 aliphatic heterocycles. The van der Waals surface area contributed by atoms with Crippen molar-refractivity contribution in [3.05, 3.63) is 35.1 Å². The van der Waals surface area contributed by atoms with Gasteiger partial charge in [0.15, 0.2) is 0 Å². The van der Waals surface area contributed by atoms with Crippen molar-refractivity contribution in [1.82, 2.24) is 5.32 Å². The highest BCUT2D eigenvalue weighted by Gasteiger charge is 2.22. The van der Waals surface area contributed by atoms with Crippen LogP contribution in [0.3, 0.4) is 0 Å². The number of nitrogens with one attached hydrogen (secondary N) is 1. The molecule has 1 aliphatic rings. The fourth-order valence-corrected chi connectivity index (χ4v) is 2.99. The summed E-state index contributed by atoms with van der Waals surface area (Å²) in [5, 5.41) is 4.93. The molecule has 114 valence electrons. The quantitative estimate of drug-likeness (QED) is 0.787. The molecule has 1 aliphatic carbocycles. The van der Waals surface area contributed by atoms with Crippen LogP contribution in [0.2, 0.25) is 0 Å². The molecule has 1 saturated carbocycles. The lowest BCUT2D eigenvalue weighted by atomic mass is 9.98. The van der Waals surface area contributed by atoms with Crippen molar-refractivity contribution in [3.63, 3.8) is 0 Å². The van der Waals surface area contributed by atoms with Crippen LogP contribution >= 0.6 is 0 Å². The lowest BCUT2D eigenvalue weighted by molar-refractivity contribution is 0.500. The molecule has 2 heteroatoms. The second kappa shape index (κ2) is 6.23. The summed E-state index contributed by atoms with van der Waals surface area (Å²) in [5.41, 5.74) is 3.90. The van der Waals surface area contributed by atoms with Crippen molar-refractivity contribution in [1.29, 1.82) is 0 Å². The first-order valence-electron chi connectivity index (χ1n) is 8.44. The Morgan fingerprint density at radius 2 is 2.10 bits per heavy atom. The summed E-state index contributed by atoms with van der Waals surface area (Å²) in [4.78, 5) is 0. The van der Waals surface area contributed by atoms with Crippen LogP contribution in [0.15, 0.2) is 22.6 Å². The highest BCUT2D eigenvalue weighted by Crippen LogP contribution is 2.30. The van der Waals surface area contributed by atoms with Crippen LogP contribution in [0.25, 0.3) is 11.0 Å². The van der Waals surface area contributed by atoms with Crippen LogP contribution in [0, 0.1) is 5.92 Å². The van der Waals surface area contributed by atoms with Crippen molar-refractivity contribution in [3.8, 4) is 0 Å². The first-order chi connectivity index (χ1) is 10.2. The standard InChI is InChI=1S/C19H27NO/c1-4-5-14-6-9-18-17(11-14)16(10-13(2)3)19(21-18)12-20-15-7-8-15/h6,9,11,13,15,20H,4-5,7-8,10,12H2,1-3H3. The van der Waals surface area contributed by atoms with Gasteiger partial charge in [-0.05, 0) is 49.3 Å². The topological polar surface area (TPSA) is 25.2 Å². The van der Waals surface area contributed by atoms with Crippen LogP contribution in [0.4, 0.5) is 0 Å². The minimum atomic E-state index is 0.653. The van der Waals surface area contributed by atoms with E-state index in [4.69, 9.17) is 4.42 Å². The first-order valence-corrected chi connectivity index (χ1v) is 8.44. The van der Waals surface area contributed by atoms with Gasteiger partial charge in [-0.1, -0.05) is 33.3 Å². The van der Waals surface area contributed by atoms with Crippen molar-refractivity contribution < 1.29 is 4.42 Å². The third-order valence-corrected chi connectivity index (χ3v) is 4.22.